The number of nitrogens with zero attached hydrogens (tertiary/aromatic N) is 1. The van der Waals surface area contributed by atoms with E-state index in [0.29, 0.717) is 5.41 Å². The Balaban J connectivity index is 0.00000288. The minimum atomic E-state index is 0. The normalized spacial score (nSPS) is 16.2. The molecule has 24 heavy (non-hydrogen) atoms. The fourth-order valence-corrected chi connectivity index (χ4v) is 3.95. The van der Waals surface area contributed by atoms with Gasteiger partial charge in [0.05, 0.1) is 4.34 Å². The molecule has 0 saturated heterocycles. The van der Waals surface area contributed by atoms with Crippen LogP contribution >= 0.6 is 46.9 Å². The monoisotopic (exact) mass is 485 g/mol. The van der Waals surface area contributed by atoms with Crippen LogP contribution in [0.3, 0.4) is 0 Å². The van der Waals surface area contributed by atoms with Crippen LogP contribution in [0.5, 0.6) is 0 Å². The number of halogens is 2. The highest BCUT2D eigenvalue weighted by molar-refractivity contribution is 14.0. The fourth-order valence-electron chi connectivity index (χ4n) is 2.86. The van der Waals surface area contributed by atoms with E-state index in [2.05, 4.69) is 23.6 Å². The molecule has 0 spiro atoms. The Morgan fingerprint density at radius 3 is 2.71 bits per heavy atom. The maximum Gasteiger partial charge on any atom is 0.191 e. The summed E-state index contributed by atoms with van der Waals surface area (Å²) >= 11 is 7.61. The number of hydrogen-bond acceptors (Lipinski definition) is 3. The molecule has 1 heterocycles. The molecule has 1 aromatic heterocycles. The van der Waals surface area contributed by atoms with Crippen LogP contribution in [0.4, 0.5) is 0 Å². The standard InChI is InChI=1S/C17H28ClN3OS.HI/c1-3-19-16(20-11-7-14-5-6-15(18)23-14)21-13-17(8-4-9-17)10-12-22-2;/h5-6H,3-4,7-13H2,1-2H3,(H2,19,20,21);1H. The van der Waals surface area contributed by atoms with Crippen molar-refractivity contribution in [2.75, 3.05) is 33.4 Å². The Morgan fingerprint density at radius 2 is 2.17 bits per heavy atom. The summed E-state index contributed by atoms with van der Waals surface area (Å²) in [7, 11) is 1.78. The molecule has 1 aliphatic carbocycles. The smallest absolute Gasteiger partial charge is 0.191 e. The van der Waals surface area contributed by atoms with Crippen LogP contribution in [-0.4, -0.2) is 39.3 Å². The zero-order valence-electron chi connectivity index (χ0n) is 14.6. The van der Waals surface area contributed by atoms with E-state index in [-0.39, 0.29) is 24.0 Å². The minimum absolute atomic E-state index is 0. The van der Waals surface area contributed by atoms with Crippen LogP contribution in [0, 0.1) is 5.41 Å². The van der Waals surface area contributed by atoms with Crippen LogP contribution in [0.15, 0.2) is 17.1 Å². The second-order valence-electron chi connectivity index (χ2n) is 6.17. The molecular weight excluding hydrogens is 457 g/mol. The average molecular weight is 486 g/mol. The van der Waals surface area contributed by atoms with Crippen LogP contribution in [0.1, 0.15) is 37.5 Å². The van der Waals surface area contributed by atoms with Crippen molar-refractivity contribution >= 4 is 52.9 Å². The number of guanidine groups is 1. The Bertz CT molecular complexity index is 506. The number of rotatable bonds is 9. The van der Waals surface area contributed by atoms with E-state index in [4.69, 9.17) is 21.3 Å². The van der Waals surface area contributed by atoms with Crippen molar-refractivity contribution in [1.82, 2.24) is 10.6 Å². The van der Waals surface area contributed by atoms with E-state index in [0.717, 1.165) is 49.4 Å². The third-order valence-electron chi connectivity index (χ3n) is 4.46. The maximum atomic E-state index is 5.97. The topological polar surface area (TPSA) is 45.7 Å². The van der Waals surface area contributed by atoms with E-state index < -0.39 is 0 Å². The zero-order chi connectivity index (χ0) is 16.5. The highest BCUT2D eigenvalue weighted by Crippen LogP contribution is 2.44. The van der Waals surface area contributed by atoms with Gasteiger partial charge in [-0.15, -0.1) is 35.3 Å². The summed E-state index contributed by atoms with van der Waals surface area (Å²) in [4.78, 5) is 6.11. The molecule has 0 aromatic carbocycles. The van der Waals surface area contributed by atoms with E-state index >= 15 is 0 Å². The van der Waals surface area contributed by atoms with E-state index in [1.165, 1.54) is 24.1 Å². The molecule has 0 radical (unpaired) electrons. The van der Waals surface area contributed by atoms with Gasteiger partial charge in [0.1, 0.15) is 0 Å². The number of aliphatic imine (C=N–C) groups is 1. The average Bonchev–Trinajstić information content (AvgIpc) is 2.91. The third-order valence-corrected chi connectivity index (χ3v) is 5.75. The SMILES string of the molecule is CCNC(=NCC1(CCOC)CCC1)NCCc1ccc(Cl)s1.I. The van der Waals surface area contributed by atoms with Crippen molar-refractivity contribution in [2.45, 2.75) is 39.0 Å². The lowest BCUT2D eigenvalue weighted by Gasteiger charge is -2.40. The minimum Gasteiger partial charge on any atom is -0.385 e. The molecule has 1 aromatic rings. The van der Waals surface area contributed by atoms with Gasteiger partial charge in [0.15, 0.2) is 5.96 Å². The molecule has 2 rings (SSSR count). The predicted molar refractivity (Wildman–Crippen MR) is 115 cm³/mol. The van der Waals surface area contributed by atoms with Crippen molar-refractivity contribution in [2.24, 2.45) is 10.4 Å². The predicted octanol–water partition coefficient (Wildman–Crippen LogP) is 4.32. The lowest BCUT2D eigenvalue weighted by molar-refractivity contribution is 0.0778. The molecular formula is C17H29ClIN3OS. The summed E-state index contributed by atoms with van der Waals surface area (Å²) in [5.74, 6) is 0.916. The van der Waals surface area contributed by atoms with Crippen LogP contribution in [0.25, 0.3) is 0 Å². The second kappa shape index (κ2) is 11.5. The lowest BCUT2D eigenvalue weighted by Crippen LogP contribution is -2.40. The molecule has 2 N–H and O–H groups in total. The molecule has 0 amide bonds. The first-order chi connectivity index (χ1) is 11.2. The molecule has 0 atom stereocenters. The quantitative estimate of drug-likeness (QED) is 0.311. The van der Waals surface area contributed by atoms with Gasteiger partial charge in [-0.25, -0.2) is 0 Å². The number of methoxy groups -OCH3 is 1. The first-order valence-electron chi connectivity index (χ1n) is 8.43. The first kappa shape index (κ1) is 22.0. The van der Waals surface area contributed by atoms with Gasteiger partial charge in [0, 0.05) is 38.2 Å². The molecule has 1 saturated carbocycles. The van der Waals surface area contributed by atoms with Gasteiger partial charge >= 0.3 is 0 Å². The number of nitrogens with one attached hydrogen (secondary N) is 2. The highest BCUT2D eigenvalue weighted by atomic mass is 127. The van der Waals surface area contributed by atoms with E-state index in [1.54, 1.807) is 18.4 Å². The van der Waals surface area contributed by atoms with Gasteiger partial charge in [-0.2, -0.15) is 0 Å². The summed E-state index contributed by atoms with van der Waals surface area (Å²) in [5.41, 5.74) is 0.361. The van der Waals surface area contributed by atoms with Crippen molar-refractivity contribution < 1.29 is 4.74 Å². The van der Waals surface area contributed by atoms with Crippen molar-refractivity contribution in [3.63, 3.8) is 0 Å². The summed E-state index contributed by atoms with van der Waals surface area (Å²) < 4.78 is 6.11. The summed E-state index contributed by atoms with van der Waals surface area (Å²) in [6, 6.07) is 4.05. The first-order valence-corrected chi connectivity index (χ1v) is 9.62. The number of thiophene rings is 1. The largest absolute Gasteiger partial charge is 0.385 e. The van der Waals surface area contributed by atoms with Gasteiger partial charge in [0.25, 0.3) is 0 Å². The number of ether oxygens (including phenoxy) is 1. The van der Waals surface area contributed by atoms with E-state index in [9.17, 15) is 0 Å². The van der Waals surface area contributed by atoms with Crippen molar-refractivity contribution in [1.29, 1.82) is 0 Å². The maximum absolute atomic E-state index is 5.97. The summed E-state index contributed by atoms with van der Waals surface area (Å²) in [5, 5.41) is 6.76. The zero-order valence-corrected chi connectivity index (χ0v) is 18.5. The van der Waals surface area contributed by atoms with E-state index in [1.807, 2.05) is 6.07 Å². The molecule has 0 unspecified atom stereocenters. The van der Waals surface area contributed by atoms with Gasteiger partial charge < -0.3 is 15.4 Å². The Kier molecular flexibility index (Phi) is 10.6. The summed E-state index contributed by atoms with van der Waals surface area (Å²) in [6.07, 6.45) is 5.94. The molecule has 1 aliphatic rings. The molecule has 4 nitrogen and oxygen atoms in total. The number of hydrogen-bond donors (Lipinski definition) is 2. The third kappa shape index (κ3) is 7.06. The van der Waals surface area contributed by atoms with Crippen LogP contribution < -0.4 is 10.6 Å². The molecule has 138 valence electrons. The van der Waals surface area contributed by atoms with Gasteiger partial charge in [0.2, 0.25) is 0 Å². The fraction of sp³-hybridized carbons (Fsp3) is 0.706. The Morgan fingerprint density at radius 1 is 1.38 bits per heavy atom. The Labute approximate surface area is 171 Å². The Hall–Kier alpha value is -0.0500. The van der Waals surface area contributed by atoms with Crippen LogP contribution in [0.2, 0.25) is 4.34 Å². The second-order valence-corrected chi connectivity index (χ2v) is 7.97. The molecule has 0 aliphatic heterocycles. The van der Waals surface area contributed by atoms with Gasteiger partial charge in [-0.05, 0) is 50.2 Å². The highest BCUT2D eigenvalue weighted by Gasteiger charge is 2.36. The molecule has 1 fully saturated rings. The molecule has 0 bridgehead atoms. The summed E-state index contributed by atoms with van der Waals surface area (Å²) in [6.45, 7) is 5.56. The van der Waals surface area contributed by atoms with Crippen molar-refractivity contribution in [3.05, 3.63) is 21.3 Å². The van der Waals surface area contributed by atoms with Gasteiger partial charge in [-0.3, -0.25) is 4.99 Å². The van der Waals surface area contributed by atoms with Gasteiger partial charge in [-0.1, -0.05) is 18.0 Å². The lowest BCUT2D eigenvalue weighted by atomic mass is 9.67. The van der Waals surface area contributed by atoms with Crippen molar-refractivity contribution in [3.8, 4) is 0 Å². The molecule has 7 heteroatoms. The van der Waals surface area contributed by atoms with Crippen LogP contribution in [-0.2, 0) is 11.2 Å².